The van der Waals surface area contributed by atoms with Gasteiger partial charge >= 0.3 is 0 Å². The Bertz CT molecular complexity index is 706. The van der Waals surface area contributed by atoms with Gasteiger partial charge in [-0.15, -0.1) is 11.8 Å². The van der Waals surface area contributed by atoms with Crippen molar-refractivity contribution >= 4 is 29.1 Å². The normalized spacial score (nSPS) is 17.6. The maximum Gasteiger partial charge on any atom is 0.285 e. The standard InChI is InChI=1S/C13H11ClFN3OS/c14-11-10(6-16-18-13(11)19)17-9-4-5-20-12-7(9)2-1-3-8(12)15/h1-3,6,9H,4-5H2,(H2,17,18,19). The van der Waals surface area contributed by atoms with Crippen molar-refractivity contribution in [2.75, 3.05) is 11.1 Å². The SMILES string of the molecule is O=c1[nH]ncc(NC2CCSc3c(F)cccc32)c1Cl. The van der Waals surface area contributed by atoms with Crippen LogP contribution in [0.1, 0.15) is 18.0 Å². The second kappa shape index (κ2) is 5.46. The maximum absolute atomic E-state index is 13.8. The predicted octanol–water partition coefficient (Wildman–Crippen LogP) is 3.21. The van der Waals surface area contributed by atoms with Gasteiger partial charge in [0.25, 0.3) is 5.56 Å². The molecule has 2 aromatic rings. The number of aromatic amines is 1. The minimum Gasteiger partial charge on any atom is -0.375 e. The molecular formula is C13H11ClFN3OS. The zero-order chi connectivity index (χ0) is 14.1. The predicted molar refractivity (Wildman–Crippen MR) is 78.0 cm³/mol. The molecule has 7 heteroatoms. The largest absolute Gasteiger partial charge is 0.375 e. The van der Waals surface area contributed by atoms with E-state index >= 15 is 0 Å². The highest BCUT2D eigenvalue weighted by atomic mass is 35.5. The fraction of sp³-hybridized carbons (Fsp3) is 0.231. The average Bonchev–Trinajstić information content (AvgIpc) is 2.45. The molecule has 0 radical (unpaired) electrons. The van der Waals surface area contributed by atoms with E-state index in [9.17, 15) is 9.18 Å². The molecule has 0 bridgehead atoms. The maximum atomic E-state index is 13.8. The number of H-pyrrole nitrogens is 1. The van der Waals surface area contributed by atoms with Crippen molar-refractivity contribution in [2.24, 2.45) is 0 Å². The van der Waals surface area contributed by atoms with E-state index in [1.54, 1.807) is 6.07 Å². The van der Waals surface area contributed by atoms with Gasteiger partial charge in [0.05, 0.1) is 17.9 Å². The van der Waals surface area contributed by atoms with Gasteiger partial charge in [-0.3, -0.25) is 4.79 Å². The van der Waals surface area contributed by atoms with E-state index in [0.717, 1.165) is 17.7 Å². The van der Waals surface area contributed by atoms with Crippen LogP contribution in [-0.4, -0.2) is 16.0 Å². The molecule has 2 heterocycles. The zero-order valence-electron chi connectivity index (χ0n) is 10.3. The molecule has 104 valence electrons. The number of thioether (sulfide) groups is 1. The number of benzene rings is 1. The van der Waals surface area contributed by atoms with Gasteiger partial charge in [-0.2, -0.15) is 5.10 Å². The first-order chi connectivity index (χ1) is 9.66. The van der Waals surface area contributed by atoms with Crippen LogP contribution in [0.2, 0.25) is 5.02 Å². The van der Waals surface area contributed by atoms with Gasteiger partial charge < -0.3 is 5.32 Å². The van der Waals surface area contributed by atoms with Crippen LogP contribution in [-0.2, 0) is 0 Å². The lowest BCUT2D eigenvalue weighted by atomic mass is 10.0. The summed E-state index contributed by atoms with van der Waals surface area (Å²) in [6.07, 6.45) is 2.29. The van der Waals surface area contributed by atoms with E-state index in [1.807, 2.05) is 6.07 Å². The molecular weight excluding hydrogens is 301 g/mol. The monoisotopic (exact) mass is 311 g/mol. The lowest BCUT2D eigenvalue weighted by molar-refractivity contribution is 0.585. The third-order valence-corrected chi connectivity index (χ3v) is 4.69. The van der Waals surface area contributed by atoms with Crippen molar-refractivity contribution in [3.63, 3.8) is 0 Å². The van der Waals surface area contributed by atoms with Crippen LogP contribution < -0.4 is 10.9 Å². The van der Waals surface area contributed by atoms with E-state index in [-0.39, 0.29) is 16.9 Å². The van der Waals surface area contributed by atoms with Crippen molar-refractivity contribution in [2.45, 2.75) is 17.4 Å². The molecule has 2 N–H and O–H groups in total. The summed E-state index contributed by atoms with van der Waals surface area (Å²) in [6.45, 7) is 0. The van der Waals surface area contributed by atoms with Crippen LogP contribution >= 0.6 is 23.4 Å². The highest BCUT2D eigenvalue weighted by Gasteiger charge is 2.23. The molecule has 0 saturated carbocycles. The fourth-order valence-corrected chi connectivity index (χ4v) is 3.49. The highest BCUT2D eigenvalue weighted by Crippen LogP contribution is 2.39. The molecule has 1 unspecified atom stereocenters. The van der Waals surface area contributed by atoms with E-state index in [1.165, 1.54) is 24.0 Å². The number of hydrogen-bond donors (Lipinski definition) is 2. The zero-order valence-corrected chi connectivity index (χ0v) is 11.9. The second-order valence-corrected chi connectivity index (χ2v) is 5.90. The van der Waals surface area contributed by atoms with Crippen molar-refractivity contribution < 1.29 is 4.39 Å². The average molecular weight is 312 g/mol. The van der Waals surface area contributed by atoms with E-state index in [4.69, 9.17) is 11.6 Å². The number of nitrogens with one attached hydrogen (secondary N) is 2. The Balaban J connectivity index is 1.96. The molecule has 1 aliphatic rings. The Morgan fingerprint density at radius 1 is 1.50 bits per heavy atom. The van der Waals surface area contributed by atoms with Gasteiger partial charge in [-0.1, -0.05) is 23.7 Å². The Labute approximate surface area is 123 Å². The number of hydrogen-bond acceptors (Lipinski definition) is 4. The number of halogens is 2. The quantitative estimate of drug-likeness (QED) is 0.894. The molecule has 0 fully saturated rings. The molecule has 0 aliphatic carbocycles. The topological polar surface area (TPSA) is 57.8 Å². The number of anilines is 1. The minimum absolute atomic E-state index is 0.0659. The minimum atomic E-state index is -0.443. The summed E-state index contributed by atoms with van der Waals surface area (Å²) in [6, 6.07) is 4.95. The third kappa shape index (κ3) is 2.41. The molecule has 0 amide bonds. The Hall–Kier alpha value is -1.53. The highest BCUT2D eigenvalue weighted by molar-refractivity contribution is 7.99. The van der Waals surface area contributed by atoms with Crippen molar-refractivity contribution in [1.82, 2.24) is 10.2 Å². The van der Waals surface area contributed by atoms with Crippen LogP contribution in [0, 0.1) is 5.82 Å². The number of nitrogens with zero attached hydrogens (tertiary/aromatic N) is 1. The summed E-state index contributed by atoms with van der Waals surface area (Å²) in [5, 5.41) is 9.23. The molecule has 1 aliphatic heterocycles. The molecule has 3 rings (SSSR count). The van der Waals surface area contributed by atoms with Crippen molar-refractivity contribution in [1.29, 1.82) is 0 Å². The molecule has 1 atom stereocenters. The van der Waals surface area contributed by atoms with Gasteiger partial charge in [0.15, 0.2) is 0 Å². The van der Waals surface area contributed by atoms with Crippen LogP contribution in [0.3, 0.4) is 0 Å². The van der Waals surface area contributed by atoms with Crippen LogP contribution in [0.4, 0.5) is 10.1 Å². The second-order valence-electron chi connectivity index (χ2n) is 4.42. The van der Waals surface area contributed by atoms with Gasteiger partial charge in [-0.25, -0.2) is 9.49 Å². The van der Waals surface area contributed by atoms with Gasteiger partial charge in [0, 0.05) is 10.6 Å². The van der Waals surface area contributed by atoms with Crippen molar-refractivity contribution in [3.05, 3.63) is 51.2 Å². The van der Waals surface area contributed by atoms with Gasteiger partial charge in [-0.05, 0) is 18.1 Å². The summed E-state index contributed by atoms with van der Waals surface area (Å²) in [5.41, 5.74) is 0.904. The van der Waals surface area contributed by atoms with Crippen LogP contribution in [0.25, 0.3) is 0 Å². The van der Waals surface area contributed by atoms with Crippen LogP contribution in [0.5, 0.6) is 0 Å². The summed E-state index contributed by atoms with van der Waals surface area (Å²) in [7, 11) is 0. The van der Waals surface area contributed by atoms with Gasteiger partial charge in [0.2, 0.25) is 0 Å². The third-order valence-electron chi connectivity index (χ3n) is 3.15. The van der Waals surface area contributed by atoms with Crippen LogP contribution in [0.15, 0.2) is 34.1 Å². The Morgan fingerprint density at radius 2 is 2.35 bits per heavy atom. The molecule has 20 heavy (non-hydrogen) atoms. The van der Waals surface area contributed by atoms with E-state index in [0.29, 0.717) is 10.6 Å². The lowest BCUT2D eigenvalue weighted by Crippen LogP contribution is -2.19. The molecule has 4 nitrogen and oxygen atoms in total. The van der Waals surface area contributed by atoms with Gasteiger partial charge in [0.1, 0.15) is 10.8 Å². The van der Waals surface area contributed by atoms with E-state index in [2.05, 4.69) is 15.5 Å². The first kappa shape index (κ1) is 13.5. The number of rotatable bonds is 2. The molecule has 1 aromatic heterocycles. The fourth-order valence-electron chi connectivity index (χ4n) is 2.21. The molecule has 1 aromatic carbocycles. The molecule has 0 saturated heterocycles. The summed E-state index contributed by atoms with van der Waals surface area (Å²) in [5.74, 6) is 0.592. The Morgan fingerprint density at radius 3 is 3.20 bits per heavy atom. The summed E-state index contributed by atoms with van der Waals surface area (Å²) >= 11 is 7.45. The Kier molecular flexibility index (Phi) is 3.67. The summed E-state index contributed by atoms with van der Waals surface area (Å²) < 4.78 is 13.8. The van der Waals surface area contributed by atoms with Crippen molar-refractivity contribution in [3.8, 4) is 0 Å². The first-order valence-electron chi connectivity index (χ1n) is 6.07. The summed E-state index contributed by atoms with van der Waals surface area (Å²) in [4.78, 5) is 12.1. The van der Waals surface area contributed by atoms with E-state index < -0.39 is 5.56 Å². The smallest absolute Gasteiger partial charge is 0.285 e. The molecule has 0 spiro atoms. The first-order valence-corrected chi connectivity index (χ1v) is 7.44. The number of aromatic nitrogens is 2. The lowest BCUT2D eigenvalue weighted by Gasteiger charge is -2.27. The number of fused-ring (bicyclic) bond motifs is 1.